The molecule has 17 heavy (non-hydrogen) atoms. The van der Waals surface area contributed by atoms with E-state index in [-0.39, 0.29) is 15.3 Å². The van der Waals surface area contributed by atoms with E-state index < -0.39 is 0 Å². The van der Waals surface area contributed by atoms with Gasteiger partial charge in [-0.05, 0) is 12.0 Å². The maximum atomic E-state index is 5.86. The normalized spacial score (nSPS) is 10.6. The first kappa shape index (κ1) is 12.6. The molecule has 0 fully saturated rings. The lowest BCUT2D eigenvalue weighted by atomic mass is 10.1. The smallest absolute Gasteiger partial charge is 0.162 e. The van der Waals surface area contributed by atoms with Crippen LogP contribution in [0.15, 0.2) is 24.3 Å². The summed E-state index contributed by atoms with van der Waals surface area (Å²) in [6, 6.07) is 7.92. The molecule has 2 aromatic rings. The fraction of sp³-hybridized carbons (Fsp3) is 0.167. The molecule has 2 nitrogen and oxygen atoms in total. The Bertz CT molecular complexity index is 515. The number of rotatable bonds is 2. The number of nitrogens with zero attached hydrogens (tertiary/aromatic N) is 2. The van der Waals surface area contributed by atoms with E-state index in [1.165, 1.54) is 5.56 Å². The molecular formula is C12H9Cl3N2. The van der Waals surface area contributed by atoms with Crippen LogP contribution in [0.5, 0.6) is 0 Å². The summed E-state index contributed by atoms with van der Waals surface area (Å²) in [5.41, 5.74) is 2.11. The highest BCUT2D eigenvalue weighted by atomic mass is 35.5. The summed E-state index contributed by atoms with van der Waals surface area (Å²) in [7, 11) is 0. The van der Waals surface area contributed by atoms with E-state index in [4.69, 9.17) is 34.8 Å². The fourth-order valence-electron chi connectivity index (χ4n) is 1.41. The summed E-state index contributed by atoms with van der Waals surface area (Å²) in [5.74, 6) is 0.479. The second kappa shape index (κ2) is 5.21. The Morgan fingerprint density at radius 2 is 1.47 bits per heavy atom. The van der Waals surface area contributed by atoms with Gasteiger partial charge in [0.2, 0.25) is 0 Å². The largest absolute Gasteiger partial charge is 0.215 e. The second-order valence-electron chi connectivity index (χ2n) is 3.49. The van der Waals surface area contributed by atoms with Crippen LogP contribution in [0.1, 0.15) is 12.5 Å². The lowest BCUT2D eigenvalue weighted by Gasteiger charge is -2.04. The van der Waals surface area contributed by atoms with Crippen molar-refractivity contribution in [1.82, 2.24) is 9.97 Å². The van der Waals surface area contributed by atoms with E-state index in [1.54, 1.807) is 0 Å². The molecule has 5 heteroatoms. The first-order valence-corrected chi connectivity index (χ1v) is 6.23. The van der Waals surface area contributed by atoms with E-state index in [1.807, 2.05) is 24.3 Å². The van der Waals surface area contributed by atoms with Crippen molar-refractivity contribution in [3.05, 3.63) is 45.2 Å². The minimum atomic E-state index is 0.168. The van der Waals surface area contributed by atoms with Crippen molar-refractivity contribution in [3.8, 4) is 11.4 Å². The van der Waals surface area contributed by atoms with Crippen molar-refractivity contribution >= 4 is 34.8 Å². The van der Waals surface area contributed by atoms with Gasteiger partial charge in [0.05, 0.1) is 0 Å². The zero-order valence-corrected chi connectivity index (χ0v) is 11.3. The van der Waals surface area contributed by atoms with E-state index in [0.717, 1.165) is 12.0 Å². The van der Waals surface area contributed by atoms with Crippen LogP contribution < -0.4 is 0 Å². The zero-order valence-electron chi connectivity index (χ0n) is 9.04. The maximum absolute atomic E-state index is 5.86. The average Bonchev–Trinajstić information content (AvgIpc) is 2.35. The number of benzene rings is 1. The van der Waals surface area contributed by atoms with Crippen LogP contribution in [-0.4, -0.2) is 9.97 Å². The zero-order chi connectivity index (χ0) is 12.4. The molecule has 88 valence electrons. The summed E-state index contributed by atoms with van der Waals surface area (Å²) >= 11 is 17.5. The molecule has 0 aliphatic rings. The molecule has 0 aliphatic heterocycles. The molecule has 0 N–H and O–H groups in total. The van der Waals surface area contributed by atoms with Crippen LogP contribution in [-0.2, 0) is 6.42 Å². The molecule has 0 spiro atoms. The van der Waals surface area contributed by atoms with Gasteiger partial charge in [0.25, 0.3) is 0 Å². The lowest BCUT2D eigenvalue weighted by Crippen LogP contribution is -1.92. The van der Waals surface area contributed by atoms with Gasteiger partial charge in [-0.1, -0.05) is 66.0 Å². The Balaban J connectivity index is 2.45. The Morgan fingerprint density at radius 1 is 0.941 bits per heavy atom. The van der Waals surface area contributed by atoms with Crippen molar-refractivity contribution in [2.24, 2.45) is 0 Å². The molecule has 0 saturated heterocycles. The molecule has 0 aliphatic carbocycles. The Kier molecular flexibility index (Phi) is 3.87. The predicted molar refractivity (Wildman–Crippen MR) is 71.9 cm³/mol. The molecule has 0 atom stereocenters. The standard InChI is InChI=1S/C12H9Cl3N2/c1-2-7-3-5-8(6-4-7)12-16-10(14)9(13)11(15)17-12/h3-6H,2H2,1H3. The predicted octanol–water partition coefficient (Wildman–Crippen LogP) is 4.67. The second-order valence-corrected chi connectivity index (χ2v) is 4.59. The van der Waals surface area contributed by atoms with Crippen molar-refractivity contribution in [3.63, 3.8) is 0 Å². The summed E-state index contributed by atoms with van der Waals surface area (Å²) in [5, 5.41) is 0.518. The van der Waals surface area contributed by atoms with Crippen LogP contribution in [0, 0.1) is 0 Å². The van der Waals surface area contributed by atoms with Gasteiger partial charge in [-0.2, -0.15) is 0 Å². The summed E-state index contributed by atoms with van der Waals surface area (Å²) in [6.07, 6.45) is 0.989. The van der Waals surface area contributed by atoms with Crippen LogP contribution in [0.2, 0.25) is 15.3 Å². The SMILES string of the molecule is CCc1ccc(-c2nc(Cl)c(Cl)c(Cl)n2)cc1. The van der Waals surface area contributed by atoms with Gasteiger partial charge in [0.15, 0.2) is 16.1 Å². The van der Waals surface area contributed by atoms with Gasteiger partial charge in [0.1, 0.15) is 5.02 Å². The van der Waals surface area contributed by atoms with Crippen molar-refractivity contribution < 1.29 is 0 Å². The molecule has 0 radical (unpaired) electrons. The summed E-state index contributed by atoms with van der Waals surface area (Å²) in [4.78, 5) is 8.19. The third-order valence-electron chi connectivity index (χ3n) is 2.39. The van der Waals surface area contributed by atoms with Crippen LogP contribution >= 0.6 is 34.8 Å². The molecular weight excluding hydrogens is 279 g/mol. The molecule has 0 unspecified atom stereocenters. The fourth-order valence-corrected chi connectivity index (χ4v) is 1.88. The number of halogens is 3. The third kappa shape index (κ3) is 2.71. The number of hydrogen-bond acceptors (Lipinski definition) is 2. The molecule has 2 rings (SSSR count). The number of aryl methyl sites for hydroxylation is 1. The van der Waals surface area contributed by atoms with Crippen LogP contribution in [0.3, 0.4) is 0 Å². The van der Waals surface area contributed by atoms with E-state index in [0.29, 0.717) is 5.82 Å². The van der Waals surface area contributed by atoms with Gasteiger partial charge in [-0.3, -0.25) is 0 Å². The van der Waals surface area contributed by atoms with E-state index in [2.05, 4.69) is 16.9 Å². The Hall–Kier alpha value is -0.830. The molecule has 0 saturated carbocycles. The van der Waals surface area contributed by atoms with Crippen molar-refractivity contribution in [2.45, 2.75) is 13.3 Å². The van der Waals surface area contributed by atoms with Gasteiger partial charge in [-0.25, -0.2) is 9.97 Å². The highest BCUT2D eigenvalue weighted by Gasteiger charge is 2.10. The van der Waals surface area contributed by atoms with Crippen LogP contribution in [0.25, 0.3) is 11.4 Å². The molecule has 0 amide bonds. The first-order chi connectivity index (χ1) is 8.11. The summed E-state index contributed by atoms with van der Waals surface area (Å²) < 4.78 is 0. The lowest BCUT2D eigenvalue weighted by molar-refractivity contribution is 1.13. The minimum absolute atomic E-state index is 0.168. The molecule has 1 aromatic heterocycles. The molecule has 0 bridgehead atoms. The minimum Gasteiger partial charge on any atom is -0.215 e. The Labute approximate surface area is 115 Å². The van der Waals surface area contributed by atoms with Gasteiger partial charge < -0.3 is 0 Å². The van der Waals surface area contributed by atoms with Gasteiger partial charge in [0, 0.05) is 5.56 Å². The van der Waals surface area contributed by atoms with Gasteiger partial charge in [-0.15, -0.1) is 0 Å². The summed E-state index contributed by atoms with van der Waals surface area (Å²) in [6.45, 7) is 2.10. The Morgan fingerprint density at radius 3 is 1.94 bits per heavy atom. The maximum Gasteiger partial charge on any atom is 0.162 e. The van der Waals surface area contributed by atoms with E-state index >= 15 is 0 Å². The van der Waals surface area contributed by atoms with Crippen molar-refractivity contribution in [1.29, 1.82) is 0 Å². The van der Waals surface area contributed by atoms with Gasteiger partial charge >= 0.3 is 0 Å². The highest BCUT2D eigenvalue weighted by Crippen LogP contribution is 2.29. The monoisotopic (exact) mass is 286 g/mol. The number of hydrogen-bond donors (Lipinski definition) is 0. The molecule has 1 aromatic carbocycles. The van der Waals surface area contributed by atoms with Crippen LogP contribution in [0.4, 0.5) is 0 Å². The molecule has 1 heterocycles. The topological polar surface area (TPSA) is 25.8 Å². The highest BCUT2D eigenvalue weighted by molar-refractivity contribution is 6.46. The quantitative estimate of drug-likeness (QED) is 0.750. The third-order valence-corrected chi connectivity index (χ3v) is 3.49. The number of aromatic nitrogens is 2. The average molecular weight is 288 g/mol. The van der Waals surface area contributed by atoms with Crippen molar-refractivity contribution in [2.75, 3.05) is 0 Å². The van der Waals surface area contributed by atoms with E-state index in [9.17, 15) is 0 Å². The first-order valence-electron chi connectivity index (χ1n) is 5.09.